The zero-order chi connectivity index (χ0) is 32.0. The van der Waals surface area contributed by atoms with Crippen LogP contribution >= 0.6 is 0 Å². The van der Waals surface area contributed by atoms with Gasteiger partial charge in [-0.15, -0.1) is 0 Å². The lowest BCUT2D eigenvalue weighted by Gasteiger charge is -2.14. The Morgan fingerprint density at radius 1 is 0.435 bits per heavy atom. The van der Waals surface area contributed by atoms with Crippen LogP contribution in [0.1, 0.15) is 31.8 Å². The predicted octanol–water partition coefficient (Wildman–Crippen LogP) is 8.67. The first-order chi connectivity index (χ1) is 22.5. The molecule has 0 saturated carbocycles. The number of rotatable bonds is 10. The van der Waals surface area contributed by atoms with E-state index in [4.69, 9.17) is 9.47 Å². The van der Waals surface area contributed by atoms with Gasteiger partial charge in [0, 0.05) is 22.3 Å². The van der Waals surface area contributed by atoms with Crippen LogP contribution in [-0.4, -0.2) is 30.0 Å². The van der Waals surface area contributed by atoms with Crippen LogP contribution in [0.25, 0.3) is 22.3 Å². The van der Waals surface area contributed by atoms with Crippen LogP contribution in [-0.2, 0) is 10.8 Å². The van der Waals surface area contributed by atoms with E-state index in [0.29, 0.717) is 43.5 Å². The molecular formula is C40H30O5S. The first kappa shape index (κ1) is 30.4. The maximum absolute atomic E-state index is 14.2. The maximum Gasteiger partial charge on any atom is 0.193 e. The van der Waals surface area contributed by atoms with Crippen LogP contribution < -0.4 is 9.47 Å². The van der Waals surface area contributed by atoms with Crippen molar-refractivity contribution in [3.8, 4) is 33.8 Å². The number of carbonyl (C=O) groups is 2. The minimum absolute atomic E-state index is 0.0864. The molecule has 0 heterocycles. The van der Waals surface area contributed by atoms with Gasteiger partial charge in [-0.3, -0.25) is 9.59 Å². The zero-order valence-corrected chi connectivity index (χ0v) is 26.1. The lowest BCUT2D eigenvalue weighted by molar-refractivity contribution is 0.103. The van der Waals surface area contributed by atoms with E-state index in [1.807, 2.05) is 72.8 Å². The highest BCUT2D eigenvalue weighted by Crippen LogP contribution is 2.34. The molecular weight excluding hydrogens is 593 g/mol. The summed E-state index contributed by atoms with van der Waals surface area (Å²) in [5.74, 6) is 1.21. The average molecular weight is 623 g/mol. The minimum atomic E-state index is -1.52. The molecule has 0 aromatic heterocycles. The van der Waals surface area contributed by atoms with Crippen molar-refractivity contribution in [2.75, 3.05) is 14.2 Å². The monoisotopic (exact) mass is 622 g/mol. The third-order valence-electron chi connectivity index (χ3n) is 7.79. The van der Waals surface area contributed by atoms with E-state index in [0.717, 1.165) is 22.3 Å². The van der Waals surface area contributed by atoms with E-state index >= 15 is 0 Å². The van der Waals surface area contributed by atoms with Gasteiger partial charge >= 0.3 is 0 Å². The number of methoxy groups -OCH3 is 2. The minimum Gasteiger partial charge on any atom is -0.497 e. The number of carbonyl (C=O) groups excluding carboxylic acids is 2. The predicted molar refractivity (Wildman–Crippen MR) is 181 cm³/mol. The van der Waals surface area contributed by atoms with Crippen molar-refractivity contribution in [2.45, 2.75) is 9.79 Å². The summed E-state index contributed by atoms with van der Waals surface area (Å²) in [6, 6.07) is 44.0. The summed E-state index contributed by atoms with van der Waals surface area (Å²) in [6.45, 7) is 0. The molecule has 0 spiro atoms. The Bertz CT molecular complexity index is 1880. The van der Waals surface area contributed by atoms with Gasteiger partial charge in [0.15, 0.2) is 11.6 Å². The largest absolute Gasteiger partial charge is 0.497 e. The first-order valence-electron chi connectivity index (χ1n) is 14.6. The molecule has 0 saturated heterocycles. The molecule has 0 aliphatic carbocycles. The van der Waals surface area contributed by atoms with E-state index < -0.39 is 10.8 Å². The molecule has 6 aromatic carbocycles. The Morgan fingerprint density at radius 3 is 1.07 bits per heavy atom. The van der Waals surface area contributed by atoms with Gasteiger partial charge in [0.1, 0.15) is 11.5 Å². The third kappa shape index (κ3) is 6.29. The summed E-state index contributed by atoms with van der Waals surface area (Å²) in [4.78, 5) is 27.5. The number of ether oxygens (including phenoxy) is 2. The van der Waals surface area contributed by atoms with Gasteiger partial charge in [-0.05, 0) is 82.9 Å². The Hall–Kier alpha value is -5.59. The molecule has 0 aliphatic heterocycles. The molecule has 6 rings (SSSR count). The highest BCUT2D eigenvalue weighted by molar-refractivity contribution is 7.85. The normalized spacial score (nSPS) is 10.8. The van der Waals surface area contributed by atoms with Crippen LogP contribution in [0.15, 0.2) is 155 Å². The Kier molecular flexibility index (Phi) is 8.99. The van der Waals surface area contributed by atoms with Crippen LogP contribution in [0.4, 0.5) is 0 Å². The molecule has 0 amide bonds. The molecule has 0 atom stereocenters. The van der Waals surface area contributed by atoms with E-state index in [-0.39, 0.29) is 11.6 Å². The van der Waals surface area contributed by atoms with Gasteiger partial charge < -0.3 is 9.47 Å². The summed E-state index contributed by atoms with van der Waals surface area (Å²) in [6.07, 6.45) is 0. The Labute approximate surface area is 270 Å². The standard InChI is InChI=1S/C40H30O5S/c1-44-33-23-19-31(20-24-33)39(41)29-15-11-27(12-16-29)35-7-3-5-9-37(35)46(43)38-10-6-4-8-36(38)28-13-17-30(18-14-28)40(42)32-21-25-34(45-2)26-22-32/h3-26H,1-2H3. The molecule has 46 heavy (non-hydrogen) atoms. The van der Waals surface area contributed by atoms with Crippen molar-refractivity contribution in [3.05, 3.63) is 168 Å². The zero-order valence-electron chi connectivity index (χ0n) is 25.3. The quantitative estimate of drug-likeness (QED) is 0.143. The summed E-state index contributed by atoms with van der Waals surface area (Å²) in [5, 5.41) is 0. The lowest BCUT2D eigenvalue weighted by Crippen LogP contribution is -2.02. The van der Waals surface area contributed by atoms with Crippen molar-refractivity contribution in [2.24, 2.45) is 0 Å². The summed E-state index contributed by atoms with van der Waals surface area (Å²) >= 11 is 0. The topological polar surface area (TPSA) is 69.7 Å². The van der Waals surface area contributed by atoms with Gasteiger partial charge in [0.05, 0.1) is 34.8 Å². The van der Waals surface area contributed by atoms with Crippen molar-refractivity contribution < 1.29 is 23.3 Å². The second-order valence-electron chi connectivity index (χ2n) is 10.5. The molecule has 5 nitrogen and oxygen atoms in total. The number of benzene rings is 6. The highest BCUT2D eigenvalue weighted by atomic mass is 32.2. The summed E-state index contributed by atoms with van der Waals surface area (Å²) in [5.41, 5.74) is 5.62. The second kappa shape index (κ2) is 13.6. The number of ketones is 2. The Morgan fingerprint density at radius 2 is 0.739 bits per heavy atom. The van der Waals surface area contributed by atoms with Gasteiger partial charge in [-0.1, -0.05) is 84.9 Å². The fourth-order valence-corrected chi connectivity index (χ4v) is 6.69. The molecule has 0 bridgehead atoms. The van der Waals surface area contributed by atoms with Crippen molar-refractivity contribution in [1.82, 2.24) is 0 Å². The van der Waals surface area contributed by atoms with E-state index in [1.165, 1.54) is 0 Å². The van der Waals surface area contributed by atoms with Crippen molar-refractivity contribution in [3.63, 3.8) is 0 Å². The first-order valence-corrected chi connectivity index (χ1v) is 15.8. The van der Waals surface area contributed by atoms with E-state index in [9.17, 15) is 13.8 Å². The molecule has 0 aliphatic rings. The maximum atomic E-state index is 14.2. The second-order valence-corrected chi connectivity index (χ2v) is 11.9. The third-order valence-corrected chi connectivity index (χ3v) is 9.31. The van der Waals surface area contributed by atoms with Crippen molar-refractivity contribution in [1.29, 1.82) is 0 Å². The SMILES string of the molecule is COc1ccc(C(=O)c2ccc(-c3ccccc3S(=O)c3ccccc3-c3ccc(C(=O)c4ccc(OC)cc4)cc3)cc2)cc1. The molecule has 0 fully saturated rings. The molecule has 6 aromatic rings. The van der Waals surface area contributed by atoms with Crippen LogP contribution in [0.5, 0.6) is 11.5 Å². The fourth-order valence-electron chi connectivity index (χ4n) is 5.27. The summed E-state index contributed by atoms with van der Waals surface area (Å²) < 4.78 is 24.6. The molecule has 0 N–H and O–H groups in total. The molecule has 6 heteroatoms. The Balaban J connectivity index is 1.26. The molecule has 0 unspecified atom stereocenters. The van der Waals surface area contributed by atoms with Crippen molar-refractivity contribution >= 4 is 22.4 Å². The van der Waals surface area contributed by atoms with E-state index in [2.05, 4.69) is 0 Å². The number of hydrogen-bond donors (Lipinski definition) is 0. The highest BCUT2D eigenvalue weighted by Gasteiger charge is 2.18. The van der Waals surface area contributed by atoms with Crippen LogP contribution in [0.3, 0.4) is 0 Å². The summed E-state index contributed by atoms with van der Waals surface area (Å²) in [7, 11) is 1.65. The van der Waals surface area contributed by atoms with Crippen LogP contribution in [0.2, 0.25) is 0 Å². The van der Waals surface area contributed by atoms with Gasteiger partial charge in [0.2, 0.25) is 0 Å². The molecule has 226 valence electrons. The number of hydrogen-bond acceptors (Lipinski definition) is 5. The lowest BCUT2D eigenvalue weighted by atomic mass is 9.99. The van der Waals surface area contributed by atoms with Gasteiger partial charge in [0.25, 0.3) is 0 Å². The average Bonchev–Trinajstić information content (AvgIpc) is 3.14. The van der Waals surface area contributed by atoms with Crippen LogP contribution in [0, 0.1) is 0 Å². The van der Waals surface area contributed by atoms with Gasteiger partial charge in [-0.2, -0.15) is 0 Å². The van der Waals surface area contributed by atoms with Gasteiger partial charge in [-0.25, -0.2) is 4.21 Å². The fraction of sp³-hybridized carbons (Fsp3) is 0.0500. The van der Waals surface area contributed by atoms with E-state index in [1.54, 1.807) is 87.0 Å². The molecule has 0 radical (unpaired) electrons. The smallest absolute Gasteiger partial charge is 0.193 e.